The molecule has 12 heteroatoms. The summed E-state index contributed by atoms with van der Waals surface area (Å²) in [5, 5.41) is 11.6. The topological polar surface area (TPSA) is 91.9 Å². The molecular formula is C21H20F3N7O2. The first-order valence-corrected chi connectivity index (χ1v) is 9.76. The third-order valence-corrected chi connectivity index (χ3v) is 4.87. The first-order valence-electron chi connectivity index (χ1n) is 9.76. The zero-order valence-corrected chi connectivity index (χ0v) is 18.2. The van der Waals surface area contributed by atoms with E-state index < -0.39 is 12.4 Å². The second-order valence-electron chi connectivity index (χ2n) is 7.04. The molecule has 0 radical (unpaired) electrons. The number of halogens is 3. The van der Waals surface area contributed by atoms with Crippen LogP contribution in [0.2, 0.25) is 0 Å². The van der Waals surface area contributed by atoms with Gasteiger partial charge in [-0.3, -0.25) is 4.68 Å². The van der Waals surface area contributed by atoms with E-state index >= 15 is 0 Å². The molecule has 3 heterocycles. The lowest BCUT2D eigenvalue weighted by molar-refractivity contribution is -0.0490. The summed E-state index contributed by atoms with van der Waals surface area (Å²) in [5.41, 5.74) is 2.12. The first-order chi connectivity index (χ1) is 15.8. The van der Waals surface area contributed by atoms with Crippen molar-refractivity contribution in [3.63, 3.8) is 0 Å². The SMILES string of the molecule is COc1c(C)nn(-c2cc(Nc3nn(C)c(-c4ccc(F)cc4)c3OC(F)F)ncn2)c1C. The maximum Gasteiger partial charge on any atom is 0.387 e. The van der Waals surface area contributed by atoms with Gasteiger partial charge in [-0.15, -0.1) is 0 Å². The van der Waals surface area contributed by atoms with Crippen molar-refractivity contribution in [3.05, 3.63) is 53.9 Å². The van der Waals surface area contributed by atoms with Crippen LogP contribution in [0.3, 0.4) is 0 Å². The minimum absolute atomic E-state index is 0.00715. The molecule has 0 amide bonds. The number of nitrogens with zero attached hydrogens (tertiary/aromatic N) is 6. The van der Waals surface area contributed by atoms with E-state index in [0.717, 1.165) is 5.69 Å². The van der Waals surface area contributed by atoms with E-state index in [0.29, 0.717) is 22.8 Å². The Morgan fingerprint density at radius 1 is 1.03 bits per heavy atom. The highest BCUT2D eigenvalue weighted by atomic mass is 19.3. The summed E-state index contributed by atoms with van der Waals surface area (Å²) in [5.74, 6) is 0.686. The lowest BCUT2D eigenvalue weighted by Gasteiger charge is -2.10. The molecular weight excluding hydrogens is 439 g/mol. The van der Waals surface area contributed by atoms with Gasteiger partial charge in [0.1, 0.15) is 29.4 Å². The summed E-state index contributed by atoms with van der Waals surface area (Å²) in [7, 11) is 3.12. The van der Waals surface area contributed by atoms with Gasteiger partial charge < -0.3 is 14.8 Å². The van der Waals surface area contributed by atoms with E-state index in [1.807, 2.05) is 13.8 Å². The van der Waals surface area contributed by atoms with E-state index in [4.69, 9.17) is 9.47 Å². The van der Waals surface area contributed by atoms with E-state index in [1.165, 1.54) is 35.3 Å². The van der Waals surface area contributed by atoms with Gasteiger partial charge in [-0.2, -0.15) is 19.0 Å². The Labute approximate surface area is 186 Å². The molecule has 0 aliphatic heterocycles. The van der Waals surface area contributed by atoms with Crippen LogP contribution in [-0.2, 0) is 7.05 Å². The number of aryl methyl sites for hydroxylation is 2. The predicted octanol–water partition coefficient (Wildman–Crippen LogP) is 4.17. The van der Waals surface area contributed by atoms with Crippen molar-refractivity contribution in [2.45, 2.75) is 20.5 Å². The molecule has 0 aliphatic carbocycles. The van der Waals surface area contributed by atoms with Gasteiger partial charge in [0, 0.05) is 18.7 Å². The minimum atomic E-state index is -3.10. The van der Waals surface area contributed by atoms with Crippen LogP contribution in [-0.4, -0.2) is 43.3 Å². The normalized spacial score (nSPS) is 11.2. The number of benzene rings is 1. The molecule has 0 aliphatic rings. The van der Waals surface area contributed by atoms with Gasteiger partial charge in [0.2, 0.25) is 0 Å². The molecule has 1 aromatic carbocycles. The predicted molar refractivity (Wildman–Crippen MR) is 114 cm³/mol. The van der Waals surface area contributed by atoms with Crippen LogP contribution in [0.15, 0.2) is 36.7 Å². The molecule has 33 heavy (non-hydrogen) atoms. The number of alkyl halides is 2. The Hall–Kier alpha value is -4.09. The Morgan fingerprint density at radius 2 is 1.76 bits per heavy atom. The maximum atomic E-state index is 13.3. The van der Waals surface area contributed by atoms with E-state index in [1.54, 1.807) is 24.9 Å². The van der Waals surface area contributed by atoms with Crippen LogP contribution >= 0.6 is 0 Å². The number of rotatable bonds is 7. The Balaban J connectivity index is 1.73. The highest BCUT2D eigenvalue weighted by Crippen LogP contribution is 2.38. The van der Waals surface area contributed by atoms with E-state index in [9.17, 15) is 13.2 Å². The molecule has 0 atom stereocenters. The van der Waals surface area contributed by atoms with Crippen molar-refractivity contribution in [1.29, 1.82) is 0 Å². The van der Waals surface area contributed by atoms with Crippen molar-refractivity contribution >= 4 is 11.6 Å². The third kappa shape index (κ3) is 4.31. The molecule has 4 aromatic rings. The molecule has 4 rings (SSSR count). The molecule has 0 fully saturated rings. The lowest BCUT2D eigenvalue weighted by Crippen LogP contribution is -2.06. The zero-order valence-electron chi connectivity index (χ0n) is 18.2. The first kappa shape index (κ1) is 22.1. The van der Waals surface area contributed by atoms with Crippen molar-refractivity contribution in [2.75, 3.05) is 12.4 Å². The smallest absolute Gasteiger partial charge is 0.387 e. The highest BCUT2D eigenvalue weighted by molar-refractivity contribution is 5.76. The number of hydrogen-bond donors (Lipinski definition) is 1. The number of methoxy groups -OCH3 is 1. The second-order valence-corrected chi connectivity index (χ2v) is 7.04. The van der Waals surface area contributed by atoms with Gasteiger partial charge in [0.05, 0.1) is 12.8 Å². The van der Waals surface area contributed by atoms with Crippen LogP contribution in [0.4, 0.5) is 24.8 Å². The molecule has 3 aromatic heterocycles. The summed E-state index contributed by atoms with van der Waals surface area (Å²) >= 11 is 0. The van der Waals surface area contributed by atoms with Gasteiger partial charge in [-0.25, -0.2) is 19.0 Å². The molecule has 0 saturated heterocycles. The van der Waals surface area contributed by atoms with Crippen molar-refractivity contribution < 1.29 is 22.6 Å². The van der Waals surface area contributed by atoms with Gasteiger partial charge in [0.15, 0.2) is 23.1 Å². The monoisotopic (exact) mass is 459 g/mol. The van der Waals surface area contributed by atoms with Gasteiger partial charge >= 0.3 is 6.61 Å². The fourth-order valence-corrected chi connectivity index (χ4v) is 3.51. The van der Waals surface area contributed by atoms with Crippen LogP contribution < -0.4 is 14.8 Å². The number of aromatic nitrogens is 6. The van der Waals surface area contributed by atoms with Crippen LogP contribution in [0.5, 0.6) is 11.5 Å². The average Bonchev–Trinajstić information content (AvgIpc) is 3.23. The molecule has 172 valence electrons. The van der Waals surface area contributed by atoms with E-state index in [-0.39, 0.29) is 23.1 Å². The lowest BCUT2D eigenvalue weighted by atomic mass is 10.1. The molecule has 1 N–H and O–H groups in total. The van der Waals surface area contributed by atoms with E-state index in [2.05, 4.69) is 25.5 Å². The van der Waals surface area contributed by atoms with Gasteiger partial charge in [0.25, 0.3) is 0 Å². The average molecular weight is 459 g/mol. The molecule has 0 bridgehead atoms. The Kier molecular flexibility index (Phi) is 5.90. The third-order valence-electron chi connectivity index (χ3n) is 4.87. The Morgan fingerprint density at radius 3 is 2.39 bits per heavy atom. The minimum Gasteiger partial charge on any atom is -0.493 e. The van der Waals surface area contributed by atoms with Crippen molar-refractivity contribution in [3.8, 4) is 28.6 Å². The summed E-state index contributed by atoms with van der Waals surface area (Å²) in [6.45, 7) is 0.537. The largest absolute Gasteiger partial charge is 0.493 e. The summed E-state index contributed by atoms with van der Waals surface area (Å²) in [6, 6.07) is 6.93. The maximum absolute atomic E-state index is 13.3. The number of ether oxygens (including phenoxy) is 2. The van der Waals surface area contributed by atoms with Gasteiger partial charge in [-0.1, -0.05) is 0 Å². The van der Waals surface area contributed by atoms with Crippen LogP contribution in [0, 0.1) is 19.7 Å². The van der Waals surface area contributed by atoms with Crippen molar-refractivity contribution in [1.82, 2.24) is 29.5 Å². The fraction of sp³-hybridized carbons (Fsp3) is 0.238. The molecule has 0 unspecified atom stereocenters. The number of hydrogen-bond acceptors (Lipinski definition) is 7. The zero-order chi connectivity index (χ0) is 23.7. The Bertz CT molecular complexity index is 1290. The summed E-state index contributed by atoms with van der Waals surface area (Å²) < 4.78 is 52.9. The number of anilines is 2. The highest BCUT2D eigenvalue weighted by Gasteiger charge is 2.23. The fourth-order valence-electron chi connectivity index (χ4n) is 3.51. The standard InChI is InChI=1S/C21H20F3N7O2/c1-11-18(32-4)12(2)31(28-11)16-9-15(25-10-26-16)27-20-19(33-21(23)24)17(30(3)29-20)13-5-7-14(22)8-6-13/h5-10,21H,1-4H3,(H,25,26,27,29). The molecule has 0 saturated carbocycles. The molecule has 9 nitrogen and oxygen atoms in total. The summed E-state index contributed by atoms with van der Waals surface area (Å²) in [6.07, 6.45) is 1.30. The second kappa shape index (κ2) is 8.81. The quantitative estimate of drug-likeness (QED) is 0.443. The summed E-state index contributed by atoms with van der Waals surface area (Å²) in [4.78, 5) is 8.38. The van der Waals surface area contributed by atoms with Gasteiger partial charge in [-0.05, 0) is 38.1 Å². The molecule has 0 spiro atoms. The van der Waals surface area contributed by atoms with Crippen LogP contribution in [0.1, 0.15) is 11.4 Å². The van der Waals surface area contributed by atoms with Crippen molar-refractivity contribution in [2.24, 2.45) is 7.05 Å². The van der Waals surface area contributed by atoms with Crippen LogP contribution in [0.25, 0.3) is 17.1 Å². The number of nitrogens with one attached hydrogen (secondary N) is 1.